The molecule has 0 unspecified atom stereocenters. The third kappa shape index (κ3) is 2.08. The summed E-state index contributed by atoms with van der Waals surface area (Å²) in [6.07, 6.45) is 1.64. The van der Waals surface area contributed by atoms with E-state index in [4.69, 9.17) is 0 Å². The molecular formula is C14H9FN2OS. The lowest BCUT2D eigenvalue weighted by molar-refractivity contribution is 0.103. The van der Waals surface area contributed by atoms with Crippen LogP contribution in [0.5, 0.6) is 0 Å². The molecule has 2 heterocycles. The Hall–Kier alpha value is -2.27. The number of halogens is 1. The van der Waals surface area contributed by atoms with Gasteiger partial charge in [0.25, 0.3) is 0 Å². The minimum atomic E-state index is -0.537. The standard InChI is InChI=1S/C14H9FN2OS/c15-10-4-1-3-9(12-7-19-8-17-12)13(10)14(18)11-5-2-6-16-11/h1-8,16H. The van der Waals surface area contributed by atoms with Gasteiger partial charge >= 0.3 is 0 Å². The van der Waals surface area contributed by atoms with Crippen LogP contribution in [0, 0.1) is 5.82 Å². The van der Waals surface area contributed by atoms with Crippen LogP contribution >= 0.6 is 11.3 Å². The first-order chi connectivity index (χ1) is 9.27. The van der Waals surface area contributed by atoms with Crippen LogP contribution in [0.2, 0.25) is 0 Å². The van der Waals surface area contributed by atoms with Gasteiger partial charge in [0.2, 0.25) is 5.78 Å². The first-order valence-corrected chi connectivity index (χ1v) is 6.57. The van der Waals surface area contributed by atoms with Crippen molar-refractivity contribution in [1.82, 2.24) is 9.97 Å². The number of benzene rings is 1. The van der Waals surface area contributed by atoms with Gasteiger partial charge in [-0.1, -0.05) is 12.1 Å². The highest BCUT2D eigenvalue weighted by atomic mass is 32.1. The van der Waals surface area contributed by atoms with Gasteiger partial charge in [-0.2, -0.15) is 0 Å². The fourth-order valence-electron chi connectivity index (χ4n) is 1.92. The van der Waals surface area contributed by atoms with Crippen molar-refractivity contribution in [2.75, 3.05) is 0 Å². The molecule has 94 valence electrons. The summed E-state index contributed by atoms with van der Waals surface area (Å²) in [5, 5.41) is 1.79. The molecule has 3 nitrogen and oxygen atoms in total. The molecule has 5 heteroatoms. The molecule has 0 aliphatic carbocycles. The van der Waals surface area contributed by atoms with Crippen LogP contribution in [-0.2, 0) is 0 Å². The molecule has 19 heavy (non-hydrogen) atoms. The van der Waals surface area contributed by atoms with Crippen molar-refractivity contribution >= 4 is 17.1 Å². The molecule has 3 rings (SSSR count). The van der Waals surface area contributed by atoms with E-state index in [0.717, 1.165) is 0 Å². The van der Waals surface area contributed by atoms with Gasteiger partial charge in [0.05, 0.1) is 22.5 Å². The van der Waals surface area contributed by atoms with Gasteiger partial charge in [-0.25, -0.2) is 9.37 Å². The SMILES string of the molecule is O=C(c1ccc[nH]1)c1c(F)cccc1-c1cscn1. The maximum Gasteiger partial charge on any atom is 0.212 e. The average molecular weight is 272 g/mol. The van der Waals surface area contributed by atoms with Crippen LogP contribution in [-0.4, -0.2) is 15.8 Å². The largest absolute Gasteiger partial charge is 0.359 e. The summed E-state index contributed by atoms with van der Waals surface area (Å²) in [6.45, 7) is 0. The third-order valence-corrected chi connectivity index (χ3v) is 3.38. The Morgan fingerprint density at radius 2 is 2.16 bits per heavy atom. The van der Waals surface area contributed by atoms with E-state index in [2.05, 4.69) is 9.97 Å². The fourth-order valence-corrected chi connectivity index (χ4v) is 2.47. The quantitative estimate of drug-likeness (QED) is 0.742. The zero-order valence-electron chi connectivity index (χ0n) is 9.76. The highest BCUT2D eigenvalue weighted by Crippen LogP contribution is 2.27. The zero-order chi connectivity index (χ0) is 13.2. The second kappa shape index (κ2) is 4.78. The lowest BCUT2D eigenvalue weighted by Crippen LogP contribution is -2.07. The second-order valence-electron chi connectivity index (χ2n) is 3.95. The number of ketones is 1. The molecule has 0 spiro atoms. The molecule has 0 bridgehead atoms. The Morgan fingerprint density at radius 1 is 1.26 bits per heavy atom. The highest BCUT2D eigenvalue weighted by molar-refractivity contribution is 7.07. The number of aromatic nitrogens is 2. The minimum Gasteiger partial charge on any atom is -0.359 e. The van der Waals surface area contributed by atoms with Gasteiger partial charge in [-0.3, -0.25) is 4.79 Å². The summed E-state index contributed by atoms with van der Waals surface area (Å²) in [6, 6.07) is 7.89. The van der Waals surface area contributed by atoms with Crippen molar-refractivity contribution in [3.8, 4) is 11.3 Å². The van der Waals surface area contributed by atoms with Gasteiger partial charge in [0.15, 0.2) is 0 Å². The van der Waals surface area contributed by atoms with Crippen LogP contribution in [0.15, 0.2) is 47.4 Å². The summed E-state index contributed by atoms with van der Waals surface area (Å²) in [7, 11) is 0. The van der Waals surface area contributed by atoms with E-state index in [1.54, 1.807) is 41.4 Å². The van der Waals surface area contributed by atoms with Gasteiger partial charge in [-0.15, -0.1) is 11.3 Å². The molecule has 0 fully saturated rings. The van der Waals surface area contributed by atoms with Crippen LogP contribution in [0.4, 0.5) is 4.39 Å². The summed E-state index contributed by atoms with van der Waals surface area (Å²) >= 11 is 1.41. The van der Waals surface area contributed by atoms with Crippen LogP contribution in [0.25, 0.3) is 11.3 Å². The molecule has 3 aromatic rings. The monoisotopic (exact) mass is 272 g/mol. The van der Waals surface area contributed by atoms with Crippen molar-refractivity contribution < 1.29 is 9.18 Å². The molecule has 0 aliphatic heterocycles. The molecule has 0 aliphatic rings. The van der Waals surface area contributed by atoms with Crippen molar-refractivity contribution in [3.63, 3.8) is 0 Å². The molecular weight excluding hydrogens is 263 g/mol. The van der Waals surface area contributed by atoms with Gasteiger partial charge in [-0.05, 0) is 18.2 Å². The summed E-state index contributed by atoms with van der Waals surface area (Å²) in [5.74, 6) is -0.906. The second-order valence-corrected chi connectivity index (χ2v) is 4.67. The zero-order valence-corrected chi connectivity index (χ0v) is 10.6. The van der Waals surface area contributed by atoms with E-state index < -0.39 is 5.82 Å². The van der Waals surface area contributed by atoms with Crippen LogP contribution in [0.3, 0.4) is 0 Å². The number of rotatable bonds is 3. The average Bonchev–Trinajstić information content (AvgIpc) is 3.11. The number of hydrogen-bond donors (Lipinski definition) is 1. The van der Waals surface area contributed by atoms with Crippen LogP contribution in [0.1, 0.15) is 16.1 Å². The molecule has 0 atom stereocenters. The van der Waals surface area contributed by atoms with Gasteiger partial charge in [0.1, 0.15) is 5.82 Å². The number of H-pyrrole nitrogens is 1. The van der Waals surface area contributed by atoms with Crippen LogP contribution < -0.4 is 0 Å². The lowest BCUT2D eigenvalue weighted by atomic mass is 9.99. The topological polar surface area (TPSA) is 45.8 Å². The number of hydrogen-bond acceptors (Lipinski definition) is 3. The highest BCUT2D eigenvalue weighted by Gasteiger charge is 2.20. The summed E-state index contributed by atoms with van der Waals surface area (Å²) < 4.78 is 14.0. The number of nitrogens with zero attached hydrogens (tertiary/aromatic N) is 1. The normalized spacial score (nSPS) is 10.6. The first kappa shape index (κ1) is 11.8. The molecule has 0 radical (unpaired) electrons. The molecule has 0 amide bonds. The fraction of sp³-hybridized carbons (Fsp3) is 0. The van der Waals surface area contributed by atoms with E-state index in [9.17, 15) is 9.18 Å². The van der Waals surface area contributed by atoms with Crippen molar-refractivity contribution in [1.29, 1.82) is 0 Å². The van der Waals surface area contributed by atoms with E-state index in [1.807, 2.05) is 0 Å². The number of nitrogens with one attached hydrogen (secondary N) is 1. The third-order valence-electron chi connectivity index (χ3n) is 2.79. The Kier molecular flexibility index (Phi) is 2.97. The van der Waals surface area contributed by atoms with Gasteiger partial charge in [0, 0.05) is 17.1 Å². The number of carbonyl (C=O) groups is 1. The van der Waals surface area contributed by atoms with E-state index in [0.29, 0.717) is 17.0 Å². The summed E-state index contributed by atoms with van der Waals surface area (Å²) in [4.78, 5) is 19.3. The number of carbonyl (C=O) groups excluding carboxylic acids is 1. The smallest absolute Gasteiger partial charge is 0.212 e. The molecule has 1 N–H and O–H groups in total. The number of thiazole rings is 1. The summed E-state index contributed by atoms with van der Waals surface area (Å²) in [5.41, 5.74) is 3.20. The number of aromatic amines is 1. The molecule has 1 aromatic carbocycles. The minimum absolute atomic E-state index is 0.0517. The maximum absolute atomic E-state index is 14.0. The Labute approximate surface area is 112 Å². The Morgan fingerprint density at radius 3 is 2.84 bits per heavy atom. The Balaban J connectivity index is 2.18. The Bertz CT molecular complexity index is 705. The van der Waals surface area contributed by atoms with Crippen molar-refractivity contribution in [2.24, 2.45) is 0 Å². The predicted octanol–water partition coefficient (Wildman–Crippen LogP) is 3.51. The van der Waals surface area contributed by atoms with E-state index >= 15 is 0 Å². The van der Waals surface area contributed by atoms with Crippen molar-refractivity contribution in [2.45, 2.75) is 0 Å². The predicted molar refractivity (Wildman–Crippen MR) is 71.7 cm³/mol. The first-order valence-electron chi connectivity index (χ1n) is 5.62. The van der Waals surface area contributed by atoms with E-state index in [-0.39, 0.29) is 11.3 Å². The van der Waals surface area contributed by atoms with Gasteiger partial charge < -0.3 is 4.98 Å². The molecule has 0 saturated carbocycles. The van der Waals surface area contributed by atoms with Crippen molar-refractivity contribution in [3.05, 3.63) is 64.5 Å². The molecule has 0 saturated heterocycles. The maximum atomic E-state index is 14.0. The van der Waals surface area contributed by atoms with E-state index in [1.165, 1.54) is 17.4 Å². The molecule has 2 aromatic heterocycles. The lowest BCUT2D eigenvalue weighted by Gasteiger charge is -2.07.